The highest BCUT2D eigenvalue weighted by Crippen LogP contribution is 2.27. The Balaban J connectivity index is 0.00000312. The van der Waals surface area contributed by atoms with Crippen LogP contribution in [-0.2, 0) is 20.0 Å². The number of rotatable bonds is 7. The van der Waals surface area contributed by atoms with Gasteiger partial charge in [0.2, 0.25) is 0 Å². The Kier molecular flexibility index (Phi) is 9.11. The van der Waals surface area contributed by atoms with Crippen LogP contribution in [0, 0.1) is 0 Å². The number of halogens is 1. The Morgan fingerprint density at radius 2 is 1.92 bits per heavy atom. The third kappa shape index (κ3) is 6.11. The second kappa shape index (κ2) is 10.8. The van der Waals surface area contributed by atoms with E-state index >= 15 is 0 Å². The molecule has 2 aromatic rings. The maximum atomic E-state index is 5.33. The lowest BCUT2D eigenvalue weighted by Crippen LogP contribution is -2.38. The van der Waals surface area contributed by atoms with E-state index in [0.717, 1.165) is 36.1 Å². The van der Waals surface area contributed by atoms with Crippen molar-refractivity contribution in [2.45, 2.75) is 13.0 Å². The van der Waals surface area contributed by atoms with Crippen molar-refractivity contribution in [2.75, 3.05) is 27.8 Å². The van der Waals surface area contributed by atoms with Gasteiger partial charge in [0.1, 0.15) is 0 Å². The Hall–Kier alpha value is -1.97. The zero-order valence-corrected chi connectivity index (χ0v) is 17.4. The van der Waals surface area contributed by atoms with Crippen LogP contribution in [-0.4, -0.2) is 43.6 Å². The van der Waals surface area contributed by atoms with Crippen LogP contribution in [0.4, 0.5) is 0 Å². The number of aryl methyl sites for hydroxylation is 1. The summed E-state index contributed by atoms with van der Waals surface area (Å²) in [7, 11) is 6.96. The summed E-state index contributed by atoms with van der Waals surface area (Å²) in [6.07, 6.45) is 2.64. The number of hydrogen-bond acceptors (Lipinski definition) is 4. The molecule has 0 aliphatic rings. The van der Waals surface area contributed by atoms with Crippen molar-refractivity contribution in [1.82, 2.24) is 20.4 Å². The predicted molar refractivity (Wildman–Crippen MR) is 110 cm³/mol. The number of aromatic nitrogens is 2. The highest BCUT2D eigenvalue weighted by molar-refractivity contribution is 14.0. The van der Waals surface area contributed by atoms with Crippen LogP contribution in [0.5, 0.6) is 11.5 Å². The molecule has 0 fully saturated rings. The zero-order valence-electron chi connectivity index (χ0n) is 15.1. The molecule has 0 saturated heterocycles. The van der Waals surface area contributed by atoms with E-state index in [2.05, 4.69) is 20.7 Å². The third-order valence-corrected chi connectivity index (χ3v) is 3.74. The Morgan fingerprint density at radius 1 is 1.16 bits per heavy atom. The lowest BCUT2D eigenvalue weighted by molar-refractivity contribution is 0.354. The molecule has 25 heavy (non-hydrogen) atoms. The van der Waals surface area contributed by atoms with E-state index in [0.29, 0.717) is 6.54 Å². The van der Waals surface area contributed by atoms with E-state index in [1.807, 2.05) is 36.0 Å². The van der Waals surface area contributed by atoms with Gasteiger partial charge in [0.15, 0.2) is 17.5 Å². The normalized spacial score (nSPS) is 10.8. The van der Waals surface area contributed by atoms with Gasteiger partial charge in [-0.1, -0.05) is 6.07 Å². The quantitative estimate of drug-likeness (QED) is 0.377. The minimum absolute atomic E-state index is 0. The van der Waals surface area contributed by atoms with Crippen LogP contribution in [0.1, 0.15) is 11.3 Å². The first-order valence-electron chi connectivity index (χ1n) is 7.80. The maximum absolute atomic E-state index is 5.33. The van der Waals surface area contributed by atoms with Gasteiger partial charge in [-0.05, 0) is 30.2 Å². The van der Waals surface area contributed by atoms with Crippen LogP contribution in [0.2, 0.25) is 0 Å². The predicted octanol–water partition coefficient (Wildman–Crippen LogP) is 1.96. The molecule has 0 bridgehead atoms. The number of benzene rings is 1. The average Bonchev–Trinajstić information content (AvgIpc) is 3.02. The fourth-order valence-corrected chi connectivity index (χ4v) is 2.33. The van der Waals surface area contributed by atoms with E-state index in [1.165, 1.54) is 5.56 Å². The van der Waals surface area contributed by atoms with Crippen molar-refractivity contribution in [1.29, 1.82) is 0 Å². The van der Waals surface area contributed by atoms with Gasteiger partial charge >= 0.3 is 0 Å². The number of ether oxygens (including phenoxy) is 2. The Bertz CT molecular complexity index is 687. The van der Waals surface area contributed by atoms with Crippen molar-refractivity contribution in [2.24, 2.45) is 12.0 Å². The van der Waals surface area contributed by atoms with E-state index in [4.69, 9.17) is 9.47 Å². The molecule has 2 rings (SSSR count). The summed E-state index contributed by atoms with van der Waals surface area (Å²) < 4.78 is 12.4. The average molecular weight is 459 g/mol. The fourth-order valence-electron chi connectivity index (χ4n) is 2.33. The molecule has 0 radical (unpaired) electrons. The molecule has 138 valence electrons. The van der Waals surface area contributed by atoms with E-state index in [9.17, 15) is 0 Å². The zero-order chi connectivity index (χ0) is 17.4. The number of nitrogens with one attached hydrogen (secondary N) is 2. The number of hydrogen-bond donors (Lipinski definition) is 2. The minimum Gasteiger partial charge on any atom is -0.493 e. The highest BCUT2D eigenvalue weighted by atomic mass is 127. The van der Waals surface area contributed by atoms with Crippen LogP contribution < -0.4 is 20.1 Å². The molecule has 0 unspecified atom stereocenters. The molecule has 7 nitrogen and oxygen atoms in total. The smallest absolute Gasteiger partial charge is 0.191 e. The lowest BCUT2D eigenvalue weighted by Gasteiger charge is -2.13. The SMILES string of the molecule is CN=C(NCCc1ccc(OC)c(OC)c1)NCc1ccnn1C.I. The highest BCUT2D eigenvalue weighted by Gasteiger charge is 2.05. The number of aliphatic imine (C=N–C) groups is 1. The Morgan fingerprint density at radius 3 is 2.52 bits per heavy atom. The standard InChI is InChI=1S/C17H25N5O2.HI/c1-18-17(20-12-14-8-10-21-22(14)2)19-9-7-13-5-6-15(23-3)16(11-13)24-4;/h5-6,8,10-11H,7,9,12H2,1-4H3,(H2,18,19,20);1H. The van der Waals surface area contributed by atoms with E-state index < -0.39 is 0 Å². The third-order valence-electron chi connectivity index (χ3n) is 3.74. The first kappa shape index (κ1) is 21.1. The van der Waals surface area contributed by atoms with E-state index in [1.54, 1.807) is 27.5 Å². The maximum Gasteiger partial charge on any atom is 0.191 e. The second-order valence-electron chi connectivity index (χ2n) is 5.24. The van der Waals surface area contributed by atoms with Gasteiger partial charge in [-0.2, -0.15) is 5.10 Å². The van der Waals surface area contributed by atoms with Gasteiger partial charge in [0, 0.05) is 26.8 Å². The van der Waals surface area contributed by atoms with Gasteiger partial charge in [-0.25, -0.2) is 0 Å². The number of methoxy groups -OCH3 is 2. The minimum atomic E-state index is 0. The summed E-state index contributed by atoms with van der Waals surface area (Å²) in [6.45, 7) is 1.44. The Labute approximate surface area is 165 Å². The van der Waals surface area contributed by atoms with Crippen molar-refractivity contribution in [3.05, 3.63) is 41.7 Å². The molecule has 0 saturated carbocycles. The molecule has 1 aromatic heterocycles. The van der Waals surface area contributed by atoms with Crippen molar-refractivity contribution in [3.8, 4) is 11.5 Å². The molecule has 1 aromatic carbocycles. The van der Waals surface area contributed by atoms with Crippen molar-refractivity contribution in [3.63, 3.8) is 0 Å². The molecule has 0 spiro atoms. The van der Waals surface area contributed by atoms with Crippen LogP contribution in [0.15, 0.2) is 35.5 Å². The topological polar surface area (TPSA) is 72.7 Å². The fraction of sp³-hybridized carbons (Fsp3) is 0.412. The summed E-state index contributed by atoms with van der Waals surface area (Å²) in [5.74, 6) is 2.24. The molecule has 1 heterocycles. The molecule has 0 aliphatic carbocycles. The molecule has 2 N–H and O–H groups in total. The van der Waals surface area contributed by atoms with Gasteiger partial charge in [0.25, 0.3) is 0 Å². The van der Waals surface area contributed by atoms with Gasteiger partial charge < -0.3 is 20.1 Å². The molecule has 0 atom stereocenters. The molecular weight excluding hydrogens is 433 g/mol. The lowest BCUT2D eigenvalue weighted by atomic mass is 10.1. The number of guanidine groups is 1. The molecular formula is C17H26IN5O2. The van der Waals surface area contributed by atoms with Crippen molar-refractivity contribution >= 4 is 29.9 Å². The van der Waals surface area contributed by atoms with Gasteiger partial charge in [0.05, 0.1) is 26.5 Å². The summed E-state index contributed by atoms with van der Waals surface area (Å²) >= 11 is 0. The summed E-state index contributed by atoms with van der Waals surface area (Å²) in [5.41, 5.74) is 2.26. The first-order chi connectivity index (χ1) is 11.7. The van der Waals surface area contributed by atoms with E-state index in [-0.39, 0.29) is 24.0 Å². The molecule has 0 aliphatic heterocycles. The van der Waals surface area contributed by atoms with Crippen molar-refractivity contribution < 1.29 is 9.47 Å². The summed E-state index contributed by atoms with van der Waals surface area (Å²) in [6, 6.07) is 7.93. The summed E-state index contributed by atoms with van der Waals surface area (Å²) in [5, 5.41) is 10.7. The van der Waals surface area contributed by atoms with Crippen LogP contribution in [0.25, 0.3) is 0 Å². The molecule has 0 amide bonds. The second-order valence-corrected chi connectivity index (χ2v) is 5.24. The molecule has 8 heteroatoms. The number of nitrogens with zero attached hydrogens (tertiary/aromatic N) is 3. The van der Waals surface area contributed by atoms with Crippen LogP contribution in [0.3, 0.4) is 0 Å². The monoisotopic (exact) mass is 459 g/mol. The largest absolute Gasteiger partial charge is 0.493 e. The van der Waals surface area contributed by atoms with Gasteiger partial charge in [-0.3, -0.25) is 9.67 Å². The first-order valence-corrected chi connectivity index (χ1v) is 7.80. The van der Waals surface area contributed by atoms with Gasteiger partial charge in [-0.15, -0.1) is 24.0 Å². The van der Waals surface area contributed by atoms with Crippen LogP contribution >= 0.6 is 24.0 Å². The summed E-state index contributed by atoms with van der Waals surface area (Å²) in [4.78, 5) is 4.23.